The maximum atomic E-state index is 12.0. The summed E-state index contributed by atoms with van der Waals surface area (Å²) < 4.78 is 5.16. The van der Waals surface area contributed by atoms with Crippen LogP contribution in [-0.4, -0.2) is 16.5 Å². The van der Waals surface area contributed by atoms with Gasteiger partial charge < -0.3 is 10.5 Å². The zero-order valence-electron chi connectivity index (χ0n) is 11.1. The van der Waals surface area contributed by atoms with Crippen LogP contribution in [0.3, 0.4) is 0 Å². The molecule has 2 N–H and O–H groups in total. The lowest BCUT2D eigenvalue weighted by atomic mass is 10.1. The summed E-state index contributed by atoms with van der Waals surface area (Å²) in [7, 11) is 0. The van der Waals surface area contributed by atoms with Crippen molar-refractivity contribution in [2.24, 2.45) is 0 Å². The van der Waals surface area contributed by atoms with E-state index in [0.717, 1.165) is 6.07 Å². The fourth-order valence-electron chi connectivity index (χ4n) is 1.44. The van der Waals surface area contributed by atoms with Crippen LogP contribution in [0.2, 0.25) is 0 Å². The number of nitrogens with zero attached hydrogens (tertiary/aromatic N) is 1. The van der Waals surface area contributed by atoms with E-state index in [1.54, 1.807) is 20.8 Å². The van der Waals surface area contributed by atoms with Gasteiger partial charge in [-0.3, -0.25) is 10.1 Å². The lowest BCUT2D eigenvalue weighted by molar-refractivity contribution is -0.384. The van der Waals surface area contributed by atoms with Crippen LogP contribution in [0.5, 0.6) is 0 Å². The van der Waals surface area contributed by atoms with Crippen LogP contribution in [0.4, 0.5) is 11.4 Å². The number of anilines is 1. The Morgan fingerprint density at radius 2 is 2.05 bits per heavy atom. The van der Waals surface area contributed by atoms with Crippen molar-refractivity contribution < 1.29 is 14.5 Å². The molecule has 1 rings (SSSR count). The summed E-state index contributed by atoms with van der Waals surface area (Å²) in [6.45, 7) is 8.62. The van der Waals surface area contributed by atoms with Gasteiger partial charge in [0, 0.05) is 17.7 Å². The molecular formula is C13H16N2O4. The standard InChI is InChI=1S/C13H16N2O4/c1-5-8-6-9(15(17)18)7-10(11(8)14)12(16)19-13(2,3)4/h5-7H,1,14H2,2-4H3. The number of nitro groups is 1. The summed E-state index contributed by atoms with van der Waals surface area (Å²) >= 11 is 0. The Kier molecular flexibility index (Phi) is 3.94. The van der Waals surface area contributed by atoms with Crippen molar-refractivity contribution in [1.29, 1.82) is 0 Å². The molecule has 19 heavy (non-hydrogen) atoms. The van der Waals surface area contributed by atoms with E-state index in [9.17, 15) is 14.9 Å². The van der Waals surface area contributed by atoms with Gasteiger partial charge in [0.05, 0.1) is 16.2 Å². The predicted molar refractivity (Wildman–Crippen MR) is 72.8 cm³/mol. The normalized spacial score (nSPS) is 10.9. The molecule has 0 fully saturated rings. The molecule has 0 aromatic heterocycles. The summed E-state index contributed by atoms with van der Waals surface area (Å²) in [5.74, 6) is -0.697. The average Bonchev–Trinajstić information content (AvgIpc) is 2.26. The highest BCUT2D eigenvalue weighted by molar-refractivity contribution is 5.98. The monoisotopic (exact) mass is 264 g/mol. The maximum absolute atomic E-state index is 12.0. The number of rotatable bonds is 3. The average molecular weight is 264 g/mol. The van der Waals surface area contributed by atoms with Crippen LogP contribution >= 0.6 is 0 Å². The van der Waals surface area contributed by atoms with Crippen LogP contribution < -0.4 is 5.73 Å². The van der Waals surface area contributed by atoms with Crippen LogP contribution in [0.1, 0.15) is 36.7 Å². The van der Waals surface area contributed by atoms with Gasteiger partial charge in [-0.25, -0.2) is 4.79 Å². The fraction of sp³-hybridized carbons (Fsp3) is 0.308. The van der Waals surface area contributed by atoms with Gasteiger partial charge in [-0.15, -0.1) is 0 Å². The minimum atomic E-state index is -0.706. The summed E-state index contributed by atoms with van der Waals surface area (Å²) in [6, 6.07) is 2.37. The molecule has 0 aliphatic carbocycles. The summed E-state index contributed by atoms with van der Waals surface area (Å²) in [6.07, 6.45) is 1.36. The SMILES string of the molecule is C=Cc1cc([N+](=O)[O-])cc(C(=O)OC(C)(C)C)c1N. The van der Waals surface area contributed by atoms with Crippen molar-refractivity contribution in [3.8, 4) is 0 Å². The molecule has 0 radical (unpaired) electrons. The number of nitrogens with two attached hydrogens (primary N) is 1. The molecule has 0 atom stereocenters. The van der Waals surface area contributed by atoms with E-state index in [2.05, 4.69) is 6.58 Å². The molecule has 0 saturated heterocycles. The molecule has 102 valence electrons. The predicted octanol–water partition coefficient (Wildman–Crippen LogP) is 2.78. The van der Waals surface area contributed by atoms with E-state index < -0.39 is 16.5 Å². The number of esters is 1. The zero-order valence-corrected chi connectivity index (χ0v) is 11.1. The molecule has 0 aliphatic rings. The molecule has 0 saturated carbocycles. The molecule has 0 heterocycles. The molecule has 1 aromatic carbocycles. The van der Waals surface area contributed by atoms with E-state index in [-0.39, 0.29) is 16.9 Å². The largest absolute Gasteiger partial charge is 0.456 e. The molecule has 0 unspecified atom stereocenters. The van der Waals surface area contributed by atoms with Crippen molar-refractivity contribution in [3.63, 3.8) is 0 Å². The zero-order chi connectivity index (χ0) is 14.8. The number of hydrogen-bond donors (Lipinski definition) is 1. The Hall–Kier alpha value is -2.37. The number of nitrogen functional groups attached to an aromatic ring is 1. The topological polar surface area (TPSA) is 95.5 Å². The van der Waals surface area contributed by atoms with E-state index in [4.69, 9.17) is 10.5 Å². The van der Waals surface area contributed by atoms with Crippen LogP contribution in [0, 0.1) is 10.1 Å². The number of nitro benzene ring substituents is 1. The number of non-ortho nitro benzene ring substituents is 1. The van der Waals surface area contributed by atoms with Gasteiger partial charge in [0.25, 0.3) is 5.69 Å². The van der Waals surface area contributed by atoms with Crippen molar-refractivity contribution in [2.75, 3.05) is 5.73 Å². The summed E-state index contributed by atoms with van der Waals surface area (Å²) in [5.41, 5.74) is 5.27. The lowest BCUT2D eigenvalue weighted by Crippen LogP contribution is -2.24. The van der Waals surface area contributed by atoms with Crippen molar-refractivity contribution in [2.45, 2.75) is 26.4 Å². The lowest BCUT2D eigenvalue weighted by Gasteiger charge is -2.20. The minimum Gasteiger partial charge on any atom is -0.456 e. The molecule has 6 nitrogen and oxygen atoms in total. The van der Waals surface area contributed by atoms with Crippen LogP contribution in [-0.2, 0) is 4.74 Å². The highest BCUT2D eigenvalue weighted by Gasteiger charge is 2.23. The number of ether oxygens (including phenoxy) is 1. The first-order chi connectivity index (χ1) is 8.65. The molecule has 0 spiro atoms. The first-order valence-electron chi connectivity index (χ1n) is 5.59. The summed E-state index contributed by atoms with van der Waals surface area (Å²) in [5, 5.41) is 10.8. The van der Waals surface area contributed by atoms with Crippen molar-refractivity contribution in [1.82, 2.24) is 0 Å². The van der Waals surface area contributed by atoms with E-state index in [0.29, 0.717) is 5.56 Å². The third kappa shape index (κ3) is 3.54. The highest BCUT2D eigenvalue weighted by Crippen LogP contribution is 2.27. The Balaban J connectivity index is 3.33. The minimum absolute atomic E-state index is 0.0287. The smallest absolute Gasteiger partial charge is 0.341 e. The van der Waals surface area contributed by atoms with Gasteiger partial charge >= 0.3 is 5.97 Å². The van der Waals surface area contributed by atoms with E-state index in [1.165, 1.54) is 12.1 Å². The molecule has 0 bridgehead atoms. The van der Waals surface area contributed by atoms with Crippen molar-refractivity contribution >= 4 is 23.4 Å². The fourth-order valence-corrected chi connectivity index (χ4v) is 1.44. The third-order valence-electron chi connectivity index (χ3n) is 2.25. The first-order valence-corrected chi connectivity index (χ1v) is 5.59. The van der Waals surface area contributed by atoms with Gasteiger partial charge in [0.15, 0.2) is 0 Å². The first kappa shape index (κ1) is 14.7. The Bertz CT molecular complexity index is 544. The Labute approximate surface area is 111 Å². The number of carbonyl (C=O) groups is 1. The van der Waals surface area contributed by atoms with Gasteiger partial charge in [-0.1, -0.05) is 12.7 Å². The second-order valence-corrected chi connectivity index (χ2v) is 4.96. The van der Waals surface area contributed by atoms with E-state index >= 15 is 0 Å². The second kappa shape index (κ2) is 5.09. The second-order valence-electron chi connectivity index (χ2n) is 4.96. The Morgan fingerprint density at radius 3 is 2.47 bits per heavy atom. The van der Waals surface area contributed by atoms with Gasteiger partial charge in [-0.05, 0) is 20.8 Å². The van der Waals surface area contributed by atoms with Gasteiger partial charge in [-0.2, -0.15) is 0 Å². The molecule has 0 amide bonds. The maximum Gasteiger partial charge on any atom is 0.341 e. The van der Waals surface area contributed by atoms with Gasteiger partial charge in [0.1, 0.15) is 5.60 Å². The van der Waals surface area contributed by atoms with E-state index in [1.807, 2.05) is 0 Å². The van der Waals surface area contributed by atoms with Crippen molar-refractivity contribution in [3.05, 3.63) is 40.0 Å². The van der Waals surface area contributed by atoms with Crippen LogP contribution in [0.25, 0.3) is 6.08 Å². The highest BCUT2D eigenvalue weighted by atomic mass is 16.6. The number of hydrogen-bond acceptors (Lipinski definition) is 5. The molecule has 6 heteroatoms. The molecule has 1 aromatic rings. The Morgan fingerprint density at radius 1 is 1.47 bits per heavy atom. The van der Waals surface area contributed by atoms with Gasteiger partial charge in [0.2, 0.25) is 0 Å². The quantitative estimate of drug-likeness (QED) is 0.392. The summed E-state index contributed by atoms with van der Waals surface area (Å²) in [4.78, 5) is 22.2. The molecule has 0 aliphatic heterocycles. The third-order valence-corrected chi connectivity index (χ3v) is 2.25. The van der Waals surface area contributed by atoms with Crippen LogP contribution in [0.15, 0.2) is 18.7 Å². The molecular weight excluding hydrogens is 248 g/mol. The number of benzene rings is 1. The number of carbonyl (C=O) groups excluding carboxylic acids is 1.